The molecule has 2 rings (SSSR count). The molecule has 0 heterocycles. The van der Waals surface area contributed by atoms with E-state index in [2.05, 4.69) is 0 Å². The van der Waals surface area contributed by atoms with Crippen molar-refractivity contribution in [3.05, 3.63) is 60.2 Å². The van der Waals surface area contributed by atoms with Crippen LogP contribution in [0.2, 0.25) is 0 Å². The molecule has 0 unspecified atom stereocenters. The molecule has 0 aliphatic rings. The van der Waals surface area contributed by atoms with Crippen molar-refractivity contribution >= 4 is 23.5 Å². The van der Waals surface area contributed by atoms with Crippen LogP contribution in [0.5, 0.6) is 0 Å². The van der Waals surface area contributed by atoms with Crippen LogP contribution < -0.4 is 0 Å². The number of hydrogen-bond acceptors (Lipinski definition) is 5. The Morgan fingerprint density at radius 2 is 1.57 bits per heavy atom. The summed E-state index contributed by atoms with van der Waals surface area (Å²) in [5.41, 5.74) is 0.561. The maximum Gasteiger partial charge on any atom is 0.332 e. The van der Waals surface area contributed by atoms with E-state index in [0.29, 0.717) is 12.2 Å². The number of ether oxygens (including phenoxy) is 2. The third kappa shape index (κ3) is 5.88. The molecule has 0 N–H and O–H groups in total. The van der Waals surface area contributed by atoms with Crippen LogP contribution in [0.25, 0.3) is 0 Å². The van der Waals surface area contributed by atoms with E-state index in [-0.39, 0.29) is 19.0 Å². The van der Waals surface area contributed by atoms with Gasteiger partial charge < -0.3 is 9.47 Å². The Labute approximate surface area is 139 Å². The molecule has 0 saturated carbocycles. The largest absolute Gasteiger partial charge is 0.464 e. The molecule has 2 aromatic carbocycles. The van der Waals surface area contributed by atoms with Crippen LogP contribution in [0.1, 0.15) is 17.3 Å². The predicted molar refractivity (Wildman–Crippen MR) is 88.8 cm³/mol. The first-order chi connectivity index (χ1) is 11.2. The minimum atomic E-state index is -0.463. The molecule has 0 aliphatic heterocycles. The van der Waals surface area contributed by atoms with Crippen molar-refractivity contribution in [3.63, 3.8) is 0 Å². The second-order valence-corrected chi connectivity index (χ2v) is 5.81. The summed E-state index contributed by atoms with van der Waals surface area (Å²) in [6, 6.07) is 17.3. The van der Waals surface area contributed by atoms with Gasteiger partial charge in [-0.3, -0.25) is 4.79 Å². The van der Waals surface area contributed by atoms with E-state index in [4.69, 9.17) is 9.47 Å². The molecular weight excluding hydrogens is 312 g/mol. The van der Waals surface area contributed by atoms with E-state index < -0.39 is 5.97 Å². The lowest BCUT2D eigenvalue weighted by molar-refractivity contribution is -0.147. The second-order valence-electron chi connectivity index (χ2n) is 4.66. The van der Waals surface area contributed by atoms with Gasteiger partial charge in [-0.1, -0.05) is 42.1 Å². The van der Waals surface area contributed by atoms with Crippen LogP contribution in [0.3, 0.4) is 0 Å². The fraction of sp³-hybridized carbons (Fsp3) is 0.222. The first-order valence-corrected chi connectivity index (χ1v) is 8.10. The van der Waals surface area contributed by atoms with Gasteiger partial charge in [-0.25, -0.2) is 4.79 Å². The van der Waals surface area contributed by atoms with Crippen molar-refractivity contribution < 1.29 is 19.1 Å². The molecule has 23 heavy (non-hydrogen) atoms. The molecule has 0 bridgehead atoms. The number of Topliss-reactive ketones (excluding diaryl/α,β-unsaturated/α-hetero) is 1. The first kappa shape index (κ1) is 17.2. The smallest absolute Gasteiger partial charge is 0.332 e. The molecule has 0 aliphatic carbocycles. The van der Waals surface area contributed by atoms with Crippen molar-refractivity contribution in [2.45, 2.75) is 16.7 Å². The van der Waals surface area contributed by atoms with Gasteiger partial charge in [0, 0.05) is 15.4 Å². The molecule has 0 aromatic heterocycles. The zero-order valence-corrected chi connectivity index (χ0v) is 13.7. The van der Waals surface area contributed by atoms with Gasteiger partial charge in [-0.2, -0.15) is 0 Å². The lowest BCUT2D eigenvalue weighted by Crippen LogP contribution is -2.16. The Morgan fingerprint density at radius 3 is 2.22 bits per heavy atom. The van der Waals surface area contributed by atoms with Gasteiger partial charge in [0.15, 0.2) is 5.78 Å². The van der Waals surface area contributed by atoms with Crippen molar-refractivity contribution in [2.24, 2.45) is 0 Å². The SMILES string of the molecule is CCOC(=O)COCC(=O)c1ccc(Sc2ccccc2)cc1. The highest BCUT2D eigenvalue weighted by atomic mass is 32.2. The number of esters is 1. The normalized spacial score (nSPS) is 10.3. The minimum absolute atomic E-state index is 0.135. The average Bonchev–Trinajstić information content (AvgIpc) is 2.56. The fourth-order valence-electron chi connectivity index (χ4n) is 1.85. The summed E-state index contributed by atoms with van der Waals surface area (Å²) in [6.07, 6.45) is 0. The van der Waals surface area contributed by atoms with E-state index in [1.165, 1.54) is 0 Å². The molecule has 2 aromatic rings. The lowest BCUT2D eigenvalue weighted by Gasteiger charge is -2.05. The topological polar surface area (TPSA) is 52.6 Å². The van der Waals surface area contributed by atoms with E-state index in [0.717, 1.165) is 9.79 Å². The fourth-order valence-corrected chi connectivity index (χ4v) is 2.68. The van der Waals surface area contributed by atoms with Crippen LogP contribution in [-0.2, 0) is 14.3 Å². The van der Waals surface area contributed by atoms with Crippen molar-refractivity contribution in [3.8, 4) is 0 Å². The van der Waals surface area contributed by atoms with Gasteiger partial charge in [-0.05, 0) is 31.2 Å². The number of benzene rings is 2. The highest BCUT2D eigenvalue weighted by molar-refractivity contribution is 7.99. The summed E-state index contributed by atoms with van der Waals surface area (Å²) in [4.78, 5) is 25.3. The summed E-state index contributed by atoms with van der Waals surface area (Å²) in [7, 11) is 0. The summed E-state index contributed by atoms with van der Waals surface area (Å²) < 4.78 is 9.78. The predicted octanol–water partition coefficient (Wildman–Crippen LogP) is 3.60. The summed E-state index contributed by atoms with van der Waals surface area (Å²) in [5.74, 6) is -0.625. The van der Waals surface area contributed by atoms with Gasteiger partial charge in [0.05, 0.1) is 6.61 Å². The van der Waals surface area contributed by atoms with Gasteiger partial charge in [0.25, 0.3) is 0 Å². The molecule has 4 nitrogen and oxygen atoms in total. The summed E-state index contributed by atoms with van der Waals surface area (Å²) >= 11 is 1.63. The summed E-state index contributed by atoms with van der Waals surface area (Å²) in [5, 5.41) is 0. The van der Waals surface area contributed by atoms with Gasteiger partial charge in [-0.15, -0.1) is 0 Å². The number of carbonyl (C=O) groups is 2. The van der Waals surface area contributed by atoms with E-state index in [1.54, 1.807) is 30.8 Å². The molecule has 120 valence electrons. The Balaban J connectivity index is 1.84. The highest BCUT2D eigenvalue weighted by Crippen LogP contribution is 2.27. The van der Waals surface area contributed by atoms with Crippen molar-refractivity contribution in [1.29, 1.82) is 0 Å². The second kappa shape index (κ2) is 9.12. The molecule has 0 radical (unpaired) electrons. The molecule has 0 amide bonds. The number of carbonyl (C=O) groups excluding carboxylic acids is 2. The zero-order chi connectivity index (χ0) is 16.5. The number of ketones is 1. The van der Waals surface area contributed by atoms with Crippen LogP contribution in [0.4, 0.5) is 0 Å². The Kier molecular flexibility index (Phi) is 6.84. The standard InChI is InChI=1S/C18H18O4S/c1-2-22-18(20)13-21-12-17(19)14-8-10-16(11-9-14)23-15-6-4-3-5-7-15/h3-11H,2,12-13H2,1H3. The zero-order valence-electron chi connectivity index (χ0n) is 12.9. The van der Waals surface area contributed by atoms with Gasteiger partial charge in [0.1, 0.15) is 13.2 Å². The third-order valence-corrected chi connectivity index (χ3v) is 3.93. The number of rotatable bonds is 8. The Morgan fingerprint density at radius 1 is 0.913 bits per heavy atom. The molecule has 0 fully saturated rings. The van der Waals surface area contributed by atoms with Crippen LogP contribution in [0, 0.1) is 0 Å². The van der Waals surface area contributed by atoms with Gasteiger partial charge in [0.2, 0.25) is 0 Å². The highest BCUT2D eigenvalue weighted by Gasteiger charge is 2.08. The van der Waals surface area contributed by atoms with Crippen LogP contribution >= 0.6 is 11.8 Å². The van der Waals surface area contributed by atoms with Crippen molar-refractivity contribution in [2.75, 3.05) is 19.8 Å². The lowest BCUT2D eigenvalue weighted by atomic mass is 10.1. The van der Waals surface area contributed by atoms with Crippen molar-refractivity contribution in [1.82, 2.24) is 0 Å². The maximum atomic E-state index is 12.0. The van der Waals surface area contributed by atoms with Crippen LogP contribution in [-0.4, -0.2) is 31.6 Å². The third-order valence-electron chi connectivity index (χ3n) is 2.91. The first-order valence-electron chi connectivity index (χ1n) is 7.28. The van der Waals surface area contributed by atoms with E-state index >= 15 is 0 Å². The maximum absolute atomic E-state index is 12.0. The Hall–Kier alpha value is -2.11. The molecule has 0 saturated heterocycles. The summed E-state index contributed by atoms with van der Waals surface area (Å²) in [6.45, 7) is 1.68. The molecule has 5 heteroatoms. The monoisotopic (exact) mass is 330 g/mol. The molecular formula is C18H18O4S. The van der Waals surface area contributed by atoms with Crippen LogP contribution in [0.15, 0.2) is 64.4 Å². The Bertz CT molecular complexity index is 638. The van der Waals surface area contributed by atoms with E-state index in [1.807, 2.05) is 42.5 Å². The quantitative estimate of drug-likeness (QED) is 0.547. The number of hydrogen-bond donors (Lipinski definition) is 0. The molecule has 0 atom stereocenters. The van der Waals surface area contributed by atoms with Gasteiger partial charge >= 0.3 is 5.97 Å². The average molecular weight is 330 g/mol. The minimum Gasteiger partial charge on any atom is -0.464 e. The molecule has 0 spiro atoms. The van der Waals surface area contributed by atoms with E-state index in [9.17, 15) is 9.59 Å².